The van der Waals surface area contributed by atoms with Crippen LogP contribution in [0.2, 0.25) is 0 Å². The molecule has 2 saturated carbocycles. The van der Waals surface area contributed by atoms with Gasteiger partial charge in [-0.25, -0.2) is 15.4 Å². The second-order valence-corrected chi connectivity index (χ2v) is 20.3. The van der Waals surface area contributed by atoms with E-state index in [1.165, 1.54) is 50.8 Å². The number of fused-ring (bicyclic) bond motifs is 2. The summed E-state index contributed by atoms with van der Waals surface area (Å²) in [6.45, 7) is 29.3. The number of rotatable bonds is 12. The van der Waals surface area contributed by atoms with Crippen molar-refractivity contribution in [2.45, 2.75) is 142 Å². The van der Waals surface area contributed by atoms with Gasteiger partial charge in [0.1, 0.15) is 80.4 Å². The molecular weight excluding hydrogens is 1190 g/mol. The van der Waals surface area contributed by atoms with E-state index in [2.05, 4.69) is 24.5 Å². The van der Waals surface area contributed by atoms with E-state index < -0.39 is 108 Å². The van der Waals surface area contributed by atoms with Crippen molar-refractivity contribution < 1.29 is 185 Å². The van der Waals surface area contributed by atoms with Crippen LogP contribution in [0, 0.1) is 60.4 Å². The Kier molecular flexibility index (Phi) is 29.7. The van der Waals surface area contributed by atoms with Crippen molar-refractivity contribution >= 4 is 24.0 Å². The van der Waals surface area contributed by atoms with Gasteiger partial charge in [-0.3, -0.25) is 9.59 Å². The Morgan fingerprint density at radius 2 is 0.986 bits per heavy atom. The zero-order valence-electron chi connectivity index (χ0n) is 42.8. The number of carbonyl (C=O) groups is 2. The normalized spacial score (nSPS) is 28.0. The van der Waals surface area contributed by atoms with Crippen molar-refractivity contribution in [1.82, 2.24) is 10.6 Å². The molecule has 23 heteroatoms. The van der Waals surface area contributed by atoms with Gasteiger partial charge in [-0.15, -0.1) is 0 Å². The van der Waals surface area contributed by atoms with Crippen LogP contribution in [0.5, 0.6) is 11.5 Å². The number of hydrogen-bond donors (Lipinski definition) is 10. The van der Waals surface area contributed by atoms with Gasteiger partial charge < -0.3 is 89.0 Å². The molecule has 0 aromatic heterocycles. The van der Waals surface area contributed by atoms with Crippen molar-refractivity contribution in [3.63, 3.8) is 0 Å². The number of nitrogens with one attached hydrogen (secondary N) is 2. The van der Waals surface area contributed by atoms with Gasteiger partial charge in [-0.1, -0.05) is 67.5 Å². The number of aromatic hydroxyl groups is 1. The van der Waals surface area contributed by atoms with Gasteiger partial charge in [0.05, 0.1) is 12.1 Å². The zero-order chi connectivity index (χ0) is 52.1. The van der Waals surface area contributed by atoms with Crippen LogP contribution in [0.1, 0.15) is 80.4 Å². The maximum atomic E-state index is 14.6. The first-order valence-corrected chi connectivity index (χ1v) is 22.3. The summed E-state index contributed by atoms with van der Waals surface area (Å²) in [6, 6.07) is 5.63. The maximum Gasteiger partial charge on any atom is 0.247 e. The fourth-order valence-corrected chi connectivity index (χ4v) is 6.93. The number of phenols is 1. The summed E-state index contributed by atoms with van der Waals surface area (Å²) < 4.78 is 54.4. The average molecular weight is 1260 g/mol. The summed E-state index contributed by atoms with van der Waals surface area (Å²) in [4.78, 5) is 25.0. The topological polar surface area (TPSA) is 266 Å². The molecule has 2 amide bonds. The van der Waals surface area contributed by atoms with E-state index in [9.17, 15) is 54.1 Å². The average Bonchev–Trinajstić information content (AvgIpc) is 3.97. The molecule has 2 heterocycles. The predicted molar refractivity (Wildman–Crippen MR) is 248 cm³/mol. The molecule has 6 rings (SSSR count). The number of carbonyl (C=O) groups excluding carboxylic acids is 2. The summed E-state index contributed by atoms with van der Waals surface area (Å²) in [5.41, 5.74) is 0.105. The largest absolute Gasteiger partial charge is 0.660 e. The van der Waals surface area contributed by atoms with Crippen LogP contribution in [0.3, 0.4) is 0 Å². The third-order valence-corrected chi connectivity index (χ3v) is 13.5. The Labute approximate surface area is 501 Å². The van der Waals surface area contributed by atoms with Gasteiger partial charge in [-0.05, 0) is 61.4 Å². The maximum absolute atomic E-state index is 14.6. The third kappa shape index (κ3) is 18.4. The van der Waals surface area contributed by atoms with Gasteiger partial charge >= 0.3 is 0 Å². The van der Waals surface area contributed by atoms with E-state index in [-0.39, 0.29) is 149 Å². The summed E-state index contributed by atoms with van der Waals surface area (Å²) in [5.74, 6) is -3.08. The molecule has 4 fully saturated rings. The Morgan fingerprint density at radius 1 is 0.630 bits per heavy atom. The van der Waals surface area contributed by atoms with E-state index in [1.54, 1.807) is 12.7 Å². The van der Waals surface area contributed by atoms with Crippen molar-refractivity contribution in [3.05, 3.63) is 97.4 Å². The van der Waals surface area contributed by atoms with E-state index >= 15 is 0 Å². The Morgan fingerprint density at radius 3 is 1.32 bits per heavy atom. The summed E-state index contributed by atoms with van der Waals surface area (Å²) in [7, 11) is 0. The first kappa shape index (κ1) is 72.3. The molecule has 12 atom stereocenters. The Hall–Kier alpha value is -0.743. The predicted octanol–water partition coefficient (Wildman–Crippen LogP) is 3.63. The molecule has 0 spiro atoms. The van der Waals surface area contributed by atoms with Crippen LogP contribution in [0.25, 0.3) is 12.2 Å². The fraction of sp³-hybridized carbons (Fsp3) is 0.560. The molecule has 404 valence electrons. The van der Waals surface area contributed by atoms with Gasteiger partial charge in [0.2, 0.25) is 11.8 Å². The van der Waals surface area contributed by atoms with Crippen molar-refractivity contribution in [3.8, 4) is 11.5 Å². The summed E-state index contributed by atoms with van der Waals surface area (Å²) >= 11 is 0. The third-order valence-electron chi connectivity index (χ3n) is 13.5. The quantitative estimate of drug-likeness (QED) is 0.108. The Balaban J connectivity index is 0.00000118. The van der Waals surface area contributed by atoms with E-state index in [0.29, 0.717) is 11.1 Å². The molecule has 2 unspecified atom stereocenters. The minimum absolute atomic E-state index is 0. The second kappa shape index (κ2) is 30.0. The van der Waals surface area contributed by atoms with Crippen LogP contribution in [-0.2, 0) is 131 Å². The number of aliphatic hydroxyl groups is 7. The van der Waals surface area contributed by atoms with Crippen molar-refractivity contribution in [1.29, 1.82) is 0 Å². The van der Waals surface area contributed by atoms with E-state index in [1.807, 2.05) is 55.4 Å². The minimum Gasteiger partial charge on any atom is -0.660 e. The molecule has 17 nitrogen and oxygen atoms in total. The molecule has 0 bridgehead atoms. The molecule has 2 aromatic carbocycles. The number of benzene rings is 2. The van der Waals surface area contributed by atoms with E-state index in [0.717, 1.165) is 12.1 Å². The number of aliphatic hydroxyl groups excluding tert-OH is 7. The van der Waals surface area contributed by atoms with Crippen LogP contribution < -0.4 is 15.4 Å². The molecule has 73 heavy (non-hydrogen) atoms. The number of hydrogen-bond acceptors (Lipinski definition) is 15. The minimum atomic E-state index is -1.45. The molecule has 2 saturated heterocycles. The van der Waals surface area contributed by atoms with Gasteiger partial charge in [-0.2, -0.15) is 28.3 Å². The molecule has 4 radical (unpaired) electrons. The molecular formula is C50H70F2N2O15V2Y2-4. The van der Waals surface area contributed by atoms with Crippen molar-refractivity contribution in [2.75, 3.05) is 13.6 Å². The molecule has 2 aromatic rings. The molecule has 4 aliphatic rings. The fourth-order valence-electron chi connectivity index (χ4n) is 6.93. The summed E-state index contributed by atoms with van der Waals surface area (Å²) in [6.07, 6.45) is -8.74. The van der Waals surface area contributed by atoms with Gasteiger partial charge in [0, 0.05) is 114 Å². The monoisotopic (exact) mass is 1260 g/mol. The molecule has 2 aliphatic carbocycles. The van der Waals surface area contributed by atoms with Crippen LogP contribution in [0.15, 0.2) is 47.5 Å². The SMILES string of the molecule is C/C(=C\c1ccc(O)c(F)c1)C(=O)NC1[C@@H](O)[C@@H]2OCO[C@@H]2[C@H](O)[C@H]1O.[CH2-]C(C)(C)C(C)(C)[CH-]O.[CH2-]C(C)(C)C(C)(C)[CH-]Oc1ccc(/C=C(\C)C(=O)NC2[C@@H](O)[C@@H]3OCO[C@@H]3[C@H](O)[C@H]2O)cc1F.[V].[V].[Y].[Y]. The van der Waals surface area contributed by atoms with E-state index in [4.69, 9.17) is 28.8 Å². The number of phenolic OH excluding ortho intramolecular Hbond substituents is 1. The van der Waals surface area contributed by atoms with Crippen LogP contribution in [-0.4, -0.2) is 139 Å². The standard InChI is InChI=1S/C25H34FNO7.C17H20FNO7.C8H16O.2V.2Y/c1-13(23(31)27-17-18(28)20(30)22-21(19(17)29)33-12-34-22)9-14-7-8-16(15(26)10-14)32-11-25(5,6)24(2,3)4;1-7(4-8-2-3-10(20)9(18)5-8)17(24)19-11-12(21)14(23)16-15(13(11)22)25-6-26-16;1-7(2,3)8(4,5)6-9;;;;/h7-11,17-22,28-30H,2,12H2,1,3-6H3,(H,27,31);2-5,11-16,20-23H,6H2,1H3,(H,19,24);6,9H,1H2,2-5H3;;;;/q-2;;-2;;;;/b13-9+;7-4+;;;;;/t17?,18-,19+,20+,21-,22+;11?,12-,13+,14+,15-,16+;;;;;/m00...../s1. The van der Waals surface area contributed by atoms with Crippen molar-refractivity contribution in [2.24, 2.45) is 21.7 Å². The number of halogens is 2. The Bertz CT molecular complexity index is 2160. The molecule has 10 N–H and O–H groups in total. The second-order valence-electron chi connectivity index (χ2n) is 20.3. The first-order valence-electron chi connectivity index (χ1n) is 22.3. The molecule has 2 aliphatic heterocycles. The van der Waals surface area contributed by atoms with Crippen LogP contribution in [0.4, 0.5) is 8.78 Å². The number of ether oxygens (including phenoxy) is 5. The van der Waals surface area contributed by atoms with Crippen LogP contribution >= 0.6 is 0 Å². The summed E-state index contributed by atoms with van der Waals surface area (Å²) in [5, 5.41) is 84.6. The first-order chi connectivity index (χ1) is 31.8. The van der Waals surface area contributed by atoms with Gasteiger partial charge in [0.15, 0.2) is 17.4 Å². The number of amides is 2. The smallest absolute Gasteiger partial charge is 0.247 e. The van der Waals surface area contributed by atoms with Gasteiger partial charge in [0.25, 0.3) is 0 Å². The zero-order valence-corrected chi connectivity index (χ0v) is 51.2.